The van der Waals surface area contributed by atoms with Gasteiger partial charge in [-0.3, -0.25) is 0 Å². The van der Waals surface area contributed by atoms with E-state index in [2.05, 4.69) is 21.6 Å². The molecule has 0 saturated heterocycles. The number of nitrogens with zero attached hydrogens (tertiary/aromatic N) is 3. The summed E-state index contributed by atoms with van der Waals surface area (Å²) in [5, 5.41) is 21.5. The zero-order valence-corrected chi connectivity index (χ0v) is 11.6. The van der Waals surface area contributed by atoms with Crippen molar-refractivity contribution in [3.63, 3.8) is 0 Å². The second kappa shape index (κ2) is 5.63. The quantitative estimate of drug-likeness (QED) is 0.793. The summed E-state index contributed by atoms with van der Waals surface area (Å²) in [6.07, 6.45) is 2.40. The molecular weight excluding hydrogens is 264 g/mol. The molecule has 0 atom stereocenters. The first kappa shape index (κ1) is 13.1. The zero-order chi connectivity index (χ0) is 14.7. The van der Waals surface area contributed by atoms with Crippen molar-refractivity contribution in [2.24, 2.45) is 0 Å². The van der Waals surface area contributed by atoms with Gasteiger partial charge in [-0.05, 0) is 31.2 Å². The molecule has 2 aromatic heterocycles. The van der Waals surface area contributed by atoms with E-state index < -0.39 is 0 Å². The molecule has 0 amide bonds. The van der Waals surface area contributed by atoms with Crippen LogP contribution in [-0.2, 0) is 6.42 Å². The fourth-order valence-electron chi connectivity index (χ4n) is 2.24. The smallest absolute Gasteiger partial charge is 0.186 e. The van der Waals surface area contributed by atoms with Gasteiger partial charge in [0.2, 0.25) is 0 Å². The number of rotatable bonds is 4. The molecule has 5 heteroatoms. The van der Waals surface area contributed by atoms with Crippen LogP contribution in [0.3, 0.4) is 0 Å². The number of hydrogen-bond acceptors (Lipinski definition) is 5. The molecule has 0 aliphatic carbocycles. The van der Waals surface area contributed by atoms with E-state index in [9.17, 15) is 5.26 Å². The molecule has 0 aliphatic heterocycles. The normalized spacial score (nSPS) is 10.5. The lowest BCUT2D eigenvalue weighted by Crippen LogP contribution is -2.08. The zero-order valence-electron chi connectivity index (χ0n) is 11.6. The molecule has 3 rings (SSSR count). The number of nitrogens with one attached hydrogen (secondary N) is 1. The highest BCUT2D eigenvalue weighted by atomic mass is 16.3. The first-order valence-corrected chi connectivity index (χ1v) is 6.71. The van der Waals surface area contributed by atoms with E-state index in [0.717, 1.165) is 34.3 Å². The molecular formula is C16H14N4O. The van der Waals surface area contributed by atoms with Crippen LogP contribution in [0.5, 0.6) is 0 Å². The van der Waals surface area contributed by atoms with Crippen molar-refractivity contribution in [3.8, 4) is 6.07 Å². The Morgan fingerprint density at radius 2 is 2.19 bits per heavy atom. The van der Waals surface area contributed by atoms with Crippen LogP contribution in [0.25, 0.3) is 10.9 Å². The van der Waals surface area contributed by atoms with Crippen molar-refractivity contribution >= 4 is 16.6 Å². The molecule has 0 fully saturated rings. The van der Waals surface area contributed by atoms with Crippen LogP contribution >= 0.6 is 0 Å². The Hall–Kier alpha value is -2.87. The van der Waals surface area contributed by atoms with Crippen molar-refractivity contribution in [1.82, 2.24) is 10.2 Å². The summed E-state index contributed by atoms with van der Waals surface area (Å²) in [5.41, 5.74) is 2.94. The standard InChI is InChI=1S/C16H14N4O/c1-11-4-5-14-13(9-11)16(15(10-17)20-19-14)18-7-6-12-3-2-8-21-12/h2-5,8-9H,6-7H2,1H3,(H,18,19). The summed E-state index contributed by atoms with van der Waals surface area (Å²) in [4.78, 5) is 0. The van der Waals surface area contributed by atoms with Crippen LogP contribution < -0.4 is 5.32 Å². The number of nitriles is 1. The predicted octanol–water partition coefficient (Wildman–Crippen LogP) is 3.06. The molecule has 5 nitrogen and oxygen atoms in total. The number of aromatic nitrogens is 2. The van der Waals surface area contributed by atoms with E-state index in [-0.39, 0.29) is 0 Å². The average molecular weight is 278 g/mol. The fourth-order valence-corrected chi connectivity index (χ4v) is 2.24. The van der Waals surface area contributed by atoms with Crippen molar-refractivity contribution < 1.29 is 4.42 Å². The molecule has 21 heavy (non-hydrogen) atoms. The lowest BCUT2D eigenvalue weighted by Gasteiger charge is -2.10. The molecule has 1 N–H and O–H groups in total. The lowest BCUT2D eigenvalue weighted by molar-refractivity contribution is 0.513. The summed E-state index contributed by atoms with van der Waals surface area (Å²) in [6.45, 7) is 2.68. The summed E-state index contributed by atoms with van der Waals surface area (Å²) in [7, 11) is 0. The van der Waals surface area contributed by atoms with Gasteiger partial charge in [-0.25, -0.2) is 0 Å². The van der Waals surface area contributed by atoms with Crippen molar-refractivity contribution in [3.05, 3.63) is 53.6 Å². The molecule has 0 unspecified atom stereocenters. The largest absolute Gasteiger partial charge is 0.469 e. The summed E-state index contributed by atoms with van der Waals surface area (Å²) in [6, 6.07) is 11.8. The minimum absolute atomic E-state index is 0.313. The van der Waals surface area contributed by atoms with Crippen LogP contribution in [0.1, 0.15) is 17.0 Å². The summed E-state index contributed by atoms with van der Waals surface area (Å²) < 4.78 is 5.30. The van der Waals surface area contributed by atoms with Gasteiger partial charge in [-0.2, -0.15) is 5.26 Å². The molecule has 104 valence electrons. The SMILES string of the molecule is Cc1ccc2nnc(C#N)c(NCCc3ccco3)c2c1. The maximum Gasteiger partial charge on any atom is 0.186 e. The van der Waals surface area contributed by atoms with Crippen LogP contribution in [0, 0.1) is 18.3 Å². The van der Waals surface area contributed by atoms with Gasteiger partial charge < -0.3 is 9.73 Å². The highest BCUT2D eigenvalue weighted by molar-refractivity contribution is 5.93. The van der Waals surface area contributed by atoms with Gasteiger partial charge in [-0.1, -0.05) is 11.6 Å². The Kier molecular flexibility index (Phi) is 3.52. The molecule has 0 bridgehead atoms. The predicted molar refractivity (Wildman–Crippen MR) is 79.9 cm³/mol. The van der Waals surface area contributed by atoms with Gasteiger partial charge in [0.1, 0.15) is 11.8 Å². The Balaban J connectivity index is 1.91. The Labute approximate surface area is 122 Å². The second-order valence-corrected chi connectivity index (χ2v) is 4.81. The van der Waals surface area contributed by atoms with Gasteiger partial charge in [0.15, 0.2) is 5.69 Å². The topological polar surface area (TPSA) is 74.7 Å². The number of hydrogen-bond donors (Lipinski definition) is 1. The first-order valence-electron chi connectivity index (χ1n) is 6.71. The highest BCUT2D eigenvalue weighted by Gasteiger charge is 2.10. The van der Waals surface area contributed by atoms with E-state index in [1.54, 1.807) is 6.26 Å². The summed E-state index contributed by atoms with van der Waals surface area (Å²) in [5.74, 6) is 0.906. The Morgan fingerprint density at radius 3 is 2.95 bits per heavy atom. The van der Waals surface area contributed by atoms with Gasteiger partial charge in [0.05, 0.1) is 17.5 Å². The van der Waals surface area contributed by atoms with Crippen molar-refractivity contribution in [2.45, 2.75) is 13.3 Å². The van der Waals surface area contributed by atoms with Gasteiger partial charge in [0, 0.05) is 18.4 Å². The van der Waals surface area contributed by atoms with Crippen LogP contribution in [0.2, 0.25) is 0 Å². The molecule has 3 aromatic rings. The molecule has 0 spiro atoms. The third-order valence-electron chi connectivity index (χ3n) is 3.28. The van der Waals surface area contributed by atoms with Gasteiger partial charge in [0.25, 0.3) is 0 Å². The van der Waals surface area contributed by atoms with E-state index >= 15 is 0 Å². The van der Waals surface area contributed by atoms with Gasteiger partial charge in [-0.15, -0.1) is 10.2 Å². The molecule has 0 saturated carbocycles. The number of fused-ring (bicyclic) bond motifs is 1. The van der Waals surface area contributed by atoms with Crippen LogP contribution in [0.15, 0.2) is 41.0 Å². The van der Waals surface area contributed by atoms with Crippen LogP contribution in [0.4, 0.5) is 5.69 Å². The third kappa shape index (κ3) is 2.70. The lowest BCUT2D eigenvalue weighted by atomic mass is 10.1. The van der Waals surface area contributed by atoms with Gasteiger partial charge >= 0.3 is 0 Å². The molecule has 0 aliphatic rings. The number of furan rings is 1. The minimum Gasteiger partial charge on any atom is -0.469 e. The number of aryl methyl sites for hydroxylation is 1. The van der Waals surface area contributed by atoms with E-state index in [1.165, 1.54) is 0 Å². The molecule has 1 aromatic carbocycles. The third-order valence-corrected chi connectivity index (χ3v) is 3.28. The highest BCUT2D eigenvalue weighted by Crippen LogP contribution is 2.25. The van der Waals surface area contributed by atoms with E-state index in [0.29, 0.717) is 12.2 Å². The number of benzene rings is 1. The molecule has 2 heterocycles. The Bertz CT molecular complexity index is 803. The van der Waals surface area contributed by atoms with Crippen molar-refractivity contribution in [1.29, 1.82) is 5.26 Å². The van der Waals surface area contributed by atoms with E-state index in [1.807, 2.05) is 37.3 Å². The maximum atomic E-state index is 9.22. The van der Waals surface area contributed by atoms with Crippen LogP contribution in [-0.4, -0.2) is 16.7 Å². The number of anilines is 1. The van der Waals surface area contributed by atoms with E-state index in [4.69, 9.17) is 4.42 Å². The fraction of sp³-hybridized carbons (Fsp3) is 0.188. The van der Waals surface area contributed by atoms with Crippen molar-refractivity contribution in [2.75, 3.05) is 11.9 Å². The first-order chi connectivity index (χ1) is 10.3. The average Bonchev–Trinajstić information content (AvgIpc) is 3.00. The molecule has 0 radical (unpaired) electrons. The second-order valence-electron chi connectivity index (χ2n) is 4.81. The summed E-state index contributed by atoms with van der Waals surface area (Å²) >= 11 is 0. The maximum absolute atomic E-state index is 9.22. The monoisotopic (exact) mass is 278 g/mol. The minimum atomic E-state index is 0.313. The Morgan fingerprint density at radius 1 is 1.29 bits per heavy atom.